The number of carbonyl (C=O) groups excluding carboxylic acids is 1. The van der Waals surface area contributed by atoms with Crippen molar-refractivity contribution in [3.8, 4) is 0 Å². The van der Waals surface area contributed by atoms with Crippen molar-refractivity contribution >= 4 is 39.2 Å². The third-order valence-corrected chi connectivity index (χ3v) is 3.39. The van der Waals surface area contributed by atoms with Crippen LogP contribution in [0.5, 0.6) is 0 Å². The molecule has 1 aromatic heterocycles. The number of hydrogen-bond acceptors (Lipinski definition) is 2. The standard InChI is InChI=1S/C14H13BrClN3O/c15-11-4-1-3-10(9-11)6-8-18-14(20)19-12-5-2-7-17-13(12)16/h1-5,7,9H,6,8H2,(H2,18,19,20). The molecule has 0 saturated carbocycles. The first-order chi connectivity index (χ1) is 9.65. The highest BCUT2D eigenvalue weighted by molar-refractivity contribution is 9.10. The quantitative estimate of drug-likeness (QED) is 0.819. The molecule has 1 heterocycles. The third kappa shape index (κ3) is 4.51. The van der Waals surface area contributed by atoms with Crippen LogP contribution in [-0.2, 0) is 6.42 Å². The van der Waals surface area contributed by atoms with Crippen LogP contribution in [0.2, 0.25) is 5.15 Å². The van der Waals surface area contributed by atoms with E-state index < -0.39 is 0 Å². The molecule has 104 valence electrons. The molecule has 2 amide bonds. The fourth-order valence-electron chi connectivity index (χ4n) is 1.66. The van der Waals surface area contributed by atoms with Crippen molar-refractivity contribution in [2.24, 2.45) is 0 Å². The molecule has 0 bridgehead atoms. The van der Waals surface area contributed by atoms with Crippen LogP contribution in [0.4, 0.5) is 10.5 Å². The van der Waals surface area contributed by atoms with E-state index in [0.717, 1.165) is 16.5 Å². The summed E-state index contributed by atoms with van der Waals surface area (Å²) >= 11 is 9.27. The Morgan fingerprint density at radius 1 is 1.30 bits per heavy atom. The van der Waals surface area contributed by atoms with Crippen LogP contribution < -0.4 is 10.6 Å². The van der Waals surface area contributed by atoms with E-state index in [9.17, 15) is 4.79 Å². The van der Waals surface area contributed by atoms with Crippen LogP contribution in [-0.4, -0.2) is 17.6 Å². The van der Waals surface area contributed by atoms with Crippen LogP contribution in [0.25, 0.3) is 0 Å². The number of amides is 2. The van der Waals surface area contributed by atoms with E-state index in [-0.39, 0.29) is 11.2 Å². The highest BCUT2D eigenvalue weighted by atomic mass is 79.9. The van der Waals surface area contributed by atoms with Crippen LogP contribution >= 0.6 is 27.5 Å². The summed E-state index contributed by atoms with van der Waals surface area (Å²) in [6.07, 6.45) is 2.33. The lowest BCUT2D eigenvalue weighted by Gasteiger charge is -2.08. The van der Waals surface area contributed by atoms with Gasteiger partial charge in [0.05, 0.1) is 5.69 Å². The van der Waals surface area contributed by atoms with Crippen molar-refractivity contribution in [1.29, 1.82) is 0 Å². The minimum absolute atomic E-state index is 0.273. The van der Waals surface area contributed by atoms with Gasteiger partial charge in [0, 0.05) is 17.2 Å². The fraction of sp³-hybridized carbons (Fsp3) is 0.143. The lowest BCUT2D eigenvalue weighted by Crippen LogP contribution is -2.30. The van der Waals surface area contributed by atoms with Gasteiger partial charge < -0.3 is 10.6 Å². The lowest BCUT2D eigenvalue weighted by molar-refractivity contribution is 0.252. The Kier molecular flexibility index (Phi) is 5.38. The number of halogens is 2. The average Bonchev–Trinajstić information content (AvgIpc) is 2.41. The summed E-state index contributed by atoms with van der Waals surface area (Å²) in [7, 11) is 0. The predicted molar refractivity (Wildman–Crippen MR) is 84.1 cm³/mol. The zero-order valence-corrected chi connectivity index (χ0v) is 12.9. The molecule has 0 fully saturated rings. The summed E-state index contributed by atoms with van der Waals surface area (Å²) < 4.78 is 1.03. The van der Waals surface area contributed by atoms with Gasteiger partial charge >= 0.3 is 6.03 Å². The molecule has 20 heavy (non-hydrogen) atoms. The van der Waals surface area contributed by atoms with Crippen LogP contribution in [0.3, 0.4) is 0 Å². The van der Waals surface area contributed by atoms with Crippen molar-refractivity contribution in [3.05, 3.63) is 57.8 Å². The van der Waals surface area contributed by atoms with Crippen LogP contribution in [0, 0.1) is 0 Å². The molecule has 2 aromatic rings. The number of anilines is 1. The number of rotatable bonds is 4. The number of carbonyl (C=O) groups is 1. The second-order valence-electron chi connectivity index (χ2n) is 4.10. The summed E-state index contributed by atoms with van der Waals surface area (Å²) in [4.78, 5) is 15.6. The Hall–Kier alpha value is -1.59. The van der Waals surface area contributed by atoms with E-state index >= 15 is 0 Å². The van der Waals surface area contributed by atoms with Gasteiger partial charge in [0.15, 0.2) is 5.15 Å². The van der Waals surface area contributed by atoms with E-state index in [1.165, 1.54) is 0 Å². The highest BCUT2D eigenvalue weighted by Gasteiger charge is 2.05. The molecule has 0 aliphatic rings. The molecule has 0 aliphatic carbocycles. The zero-order chi connectivity index (χ0) is 14.4. The maximum atomic E-state index is 11.7. The molecule has 0 saturated heterocycles. The Morgan fingerprint density at radius 3 is 2.90 bits per heavy atom. The maximum Gasteiger partial charge on any atom is 0.319 e. The van der Waals surface area contributed by atoms with Crippen molar-refractivity contribution < 1.29 is 4.79 Å². The number of pyridine rings is 1. The van der Waals surface area contributed by atoms with E-state index in [4.69, 9.17) is 11.6 Å². The van der Waals surface area contributed by atoms with Gasteiger partial charge in [-0.05, 0) is 36.2 Å². The average molecular weight is 355 g/mol. The van der Waals surface area contributed by atoms with Crippen LogP contribution in [0.15, 0.2) is 47.1 Å². The summed E-state index contributed by atoms with van der Waals surface area (Å²) in [5.41, 5.74) is 1.65. The summed E-state index contributed by atoms with van der Waals surface area (Å²) in [6.45, 7) is 0.542. The van der Waals surface area contributed by atoms with E-state index in [1.54, 1.807) is 18.3 Å². The Labute approximate surface area is 130 Å². The summed E-state index contributed by atoms with van der Waals surface area (Å²) in [5.74, 6) is 0. The summed E-state index contributed by atoms with van der Waals surface area (Å²) in [5, 5.41) is 5.70. The molecule has 0 spiro atoms. The molecule has 4 nitrogen and oxygen atoms in total. The Bertz CT molecular complexity index is 606. The van der Waals surface area contributed by atoms with Crippen molar-refractivity contribution in [3.63, 3.8) is 0 Å². The fourth-order valence-corrected chi connectivity index (χ4v) is 2.27. The Morgan fingerprint density at radius 2 is 2.15 bits per heavy atom. The SMILES string of the molecule is O=C(NCCc1cccc(Br)c1)Nc1cccnc1Cl. The molecule has 2 N–H and O–H groups in total. The van der Waals surface area contributed by atoms with E-state index in [0.29, 0.717) is 12.2 Å². The van der Waals surface area contributed by atoms with Gasteiger partial charge in [-0.15, -0.1) is 0 Å². The number of aromatic nitrogens is 1. The minimum atomic E-state index is -0.296. The monoisotopic (exact) mass is 353 g/mol. The molecular weight excluding hydrogens is 342 g/mol. The number of hydrogen-bond donors (Lipinski definition) is 2. The number of nitrogens with one attached hydrogen (secondary N) is 2. The van der Waals surface area contributed by atoms with Gasteiger partial charge in [0.1, 0.15) is 0 Å². The molecule has 1 aromatic carbocycles. The molecule has 2 rings (SSSR count). The second kappa shape index (κ2) is 7.26. The molecule has 0 radical (unpaired) electrons. The van der Waals surface area contributed by atoms with Gasteiger partial charge in [-0.3, -0.25) is 0 Å². The lowest BCUT2D eigenvalue weighted by atomic mass is 10.1. The molecule has 0 atom stereocenters. The number of urea groups is 1. The van der Waals surface area contributed by atoms with Gasteiger partial charge in [-0.2, -0.15) is 0 Å². The van der Waals surface area contributed by atoms with Gasteiger partial charge in [0.25, 0.3) is 0 Å². The first kappa shape index (κ1) is 14.8. The molecule has 0 unspecified atom stereocenters. The zero-order valence-electron chi connectivity index (χ0n) is 10.6. The first-order valence-electron chi connectivity index (χ1n) is 6.05. The molecule has 6 heteroatoms. The van der Waals surface area contributed by atoms with E-state index in [2.05, 4.69) is 31.5 Å². The predicted octanol–water partition coefficient (Wildman–Crippen LogP) is 3.86. The topological polar surface area (TPSA) is 54.0 Å². The van der Waals surface area contributed by atoms with Crippen molar-refractivity contribution in [1.82, 2.24) is 10.3 Å². The smallest absolute Gasteiger partial charge is 0.319 e. The van der Waals surface area contributed by atoms with Crippen LogP contribution in [0.1, 0.15) is 5.56 Å². The van der Waals surface area contributed by atoms with Gasteiger partial charge in [0.2, 0.25) is 0 Å². The van der Waals surface area contributed by atoms with Crippen molar-refractivity contribution in [2.45, 2.75) is 6.42 Å². The van der Waals surface area contributed by atoms with Crippen molar-refractivity contribution in [2.75, 3.05) is 11.9 Å². The third-order valence-electron chi connectivity index (χ3n) is 2.60. The molecule has 0 aliphatic heterocycles. The second-order valence-corrected chi connectivity index (χ2v) is 5.38. The maximum absolute atomic E-state index is 11.7. The normalized spacial score (nSPS) is 10.1. The number of benzene rings is 1. The Balaban J connectivity index is 1.80. The van der Waals surface area contributed by atoms with Gasteiger partial charge in [-0.1, -0.05) is 39.7 Å². The largest absolute Gasteiger partial charge is 0.338 e. The first-order valence-corrected chi connectivity index (χ1v) is 7.22. The summed E-state index contributed by atoms with van der Waals surface area (Å²) in [6, 6.07) is 11.1. The van der Waals surface area contributed by atoms with Gasteiger partial charge in [-0.25, -0.2) is 9.78 Å². The minimum Gasteiger partial charge on any atom is -0.338 e. The van der Waals surface area contributed by atoms with E-state index in [1.807, 2.05) is 24.3 Å². The highest BCUT2D eigenvalue weighted by Crippen LogP contribution is 2.17. The molecular formula is C14H13BrClN3O. The number of nitrogens with zero attached hydrogens (tertiary/aromatic N) is 1.